The Morgan fingerprint density at radius 3 is 1.22 bits per heavy atom. The molecule has 0 aromatic heterocycles. The van der Waals surface area contributed by atoms with Crippen LogP contribution in [0, 0.1) is 0 Å². The molecule has 0 heterocycles. The molecule has 0 aliphatic heterocycles. The highest BCUT2D eigenvalue weighted by atomic mass is 32.1. The molecule has 5 nitrogen and oxygen atoms in total. The van der Waals surface area contributed by atoms with Gasteiger partial charge in [0, 0.05) is 0 Å². The lowest BCUT2D eigenvalue weighted by molar-refractivity contribution is 1.03. The molecular formula is C2H9N5S2. The van der Waals surface area contributed by atoms with E-state index in [4.69, 9.17) is 5.73 Å². The zero-order chi connectivity index (χ0) is 7.86. The average Bonchev–Trinajstić information content (AvgIpc) is 1.65. The fourth-order valence-corrected chi connectivity index (χ4v) is 0. The molecule has 0 saturated heterocycles. The van der Waals surface area contributed by atoms with Crippen molar-refractivity contribution < 1.29 is 0 Å². The number of rotatable bonds is 0. The van der Waals surface area contributed by atoms with E-state index in [0.717, 1.165) is 0 Å². The Hall–Kier alpha value is -0.660. The second-order valence-electron chi connectivity index (χ2n) is 0.911. The normalized spacial score (nSPS) is 6.33. The van der Waals surface area contributed by atoms with E-state index in [1.165, 1.54) is 0 Å². The van der Waals surface area contributed by atoms with Crippen LogP contribution in [0.3, 0.4) is 0 Å². The third-order valence-corrected chi connectivity index (χ3v) is 0.260. The third-order valence-electron chi connectivity index (χ3n) is 0.142. The van der Waals surface area contributed by atoms with E-state index in [0.29, 0.717) is 0 Å². The van der Waals surface area contributed by atoms with E-state index in [1.807, 2.05) is 5.43 Å². The highest BCUT2D eigenvalue weighted by Gasteiger charge is 1.66. The Kier molecular flexibility index (Phi) is 9.12. The van der Waals surface area contributed by atoms with Crippen molar-refractivity contribution in [3.63, 3.8) is 0 Å². The summed E-state index contributed by atoms with van der Waals surface area (Å²) in [5, 5.41) is 0.116. The lowest BCUT2D eigenvalue weighted by Crippen LogP contribution is -2.34. The van der Waals surface area contributed by atoms with Crippen LogP contribution in [0.2, 0.25) is 0 Å². The molecule has 9 N–H and O–H groups in total. The van der Waals surface area contributed by atoms with E-state index in [9.17, 15) is 0 Å². The molecule has 0 amide bonds. The molecule has 0 aliphatic carbocycles. The quantitative estimate of drug-likeness (QED) is 0.159. The van der Waals surface area contributed by atoms with Crippen LogP contribution in [0.1, 0.15) is 0 Å². The molecule has 0 fully saturated rings. The molecule has 0 aromatic carbocycles. The number of thiocarbonyl (C=S) groups is 2. The smallest absolute Gasteiger partial charge is 0.177 e. The van der Waals surface area contributed by atoms with Crippen molar-refractivity contribution in [3.8, 4) is 0 Å². The molecule has 9 heavy (non-hydrogen) atoms. The number of nitrogens with one attached hydrogen (secondary N) is 1. The van der Waals surface area contributed by atoms with Gasteiger partial charge in [0.2, 0.25) is 0 Å². The lowest BCUT2D eigenvalue weighted by Gasteiger charge is -1.85. The Morgan fingerprint density at radius 1 is 1.11 bits per heavy atom. The maximum atomic E-state index is 4.79. The van der Waals surface area contributed by atoms with Crippen molar-refractivity contribution in [1.82, 2.24) is 5.43 Å². The summed E-state index contributed by atoms with van der Waals surface area (Å²) in [7, 11) is 0. The molecule has 0 saturated carbocycles. The van der Waals surface area contributed by atoms with Crippen molar-refractivity contribution in [2.24, 2.45) is 23.0 Å². The summed E-state index contributed by atoms with van der Waals surface area (Å²) in [4.78, 5) is 0. The first-order chi connectivity index (χ1) is 4.00. The largest absolute Gasteiger partial charge is 0.377 e. The number of hydrogen-bond donors (Lipinski definition) is 5. The molecular weight excluding hydrogens is 158 g/mol. The Morgan fingerprint density at radius 2 is 1.22 bits per heavy atom. The monoisotopic (exact) mass is 167 g/mol. The Labute approximate surface area is 63.7 Å². The summed E-state index contributed by atoms with van der Waals surface area (Å²) < 4.78 is 0. The van der Waals surface area contributed by atoms with Gasteiger partial charge in [-0.3, -0.25) is 0 Å². The summed E-state index contributed by atoms with van der Waals surface area (Å²) in [6.07, 6.45) is 0. The van der Waals surface area contributed by atoms with Crippen LogP contribution in [0.25, 0.3) is 0 Å². The standard InChI is InChI=1S/CH5N3S.CH4N2S/c2-1(5)4-3;2-1(3)4/h3H2,(H3,2,4,5);(H4,2,3,4). The molecule has 54 valence electrons. The topological polar surface area (TPSA) is 116 Å². The van der Waals surface area contributed by atoms with Crippen LogP contribution in [0.15, 0.2) is 0 Å². The van der Waals surface area contributed by atoms with Crippen LogP contribution in [-0.4, -0.2) is 10.2 Å². The molecule has 0 radical (unpaired) electrons. The lowest BCUT2D eigenvalue weighted by atomic mass is 11.2. The zero-order valence-corrected chi connectivity index (χ0v) is 6.26. The number of nitrogens with two attached hydrogens (primary N) is 4. The van der Waals surface area contributed by atoms with E-state index in [-0.39, 0.29) is 10.2 Å². The second-order valence-corrected chi connectivity index (χ2v) is 1.82. The summed E-state index contributed by atoms with van der Waals surface area (Å²) in [6, 6.07) is 0. The maximum Gasteiger partial charge on any atom is 0.177 e. The van der Waals surface area contributed by atoms with E-state index in [1.54, 1.807) is 0 Å². The predicted molar refractivity (Wildman–Crippen MR) is 45.1 cm³/mol. The van der Waals surface area contributed by atoms with E-state index in [2.05, 4.69) is 41.7 Å². The molecule has 7 heteroatoms. The SMILES string of the molecule is NC(N)=S.NNC(N)=S. The molecule has 0 unspecified atom stereocenters. The van der Waals surface area contributed by atoms with Crippen molar-refractivity contribution in [1.29, 1.82) is 0 Å². The van der Waals surface area contributed by atoms with Gasteiger partial charge in [0.25, 0.3) is 0 Å². The van der Waals surface area contributed by atoms with Gasteiger partial charge in [0.05, 0.1) is 0 Å². The molecule has 0 aromatic rings. The number of hydrazine groups is 1. The first-order valence-corrected chi connectivity index (χ1v) is 2.63. The van der Waals surface area contributed by atoms with Crippen LogP contribution in [0.4, 0.5) is 0 Å². The zero-order valence-electron chi connectivity index (χ0n) is 4.63. The average molecular weight is 167 g/mol. The minimum atomic E-state index is 0.000000000000000222. The van der Waals surface area contributed by atoms with Gasteiger partial charge in [0.1, 0.15) is 0 Å². The van der Waals surface area contributed by atoms with Crippen LogP contribution in [-0.2, 0) is 0 Å². The molecule has 0 spiro atoms. The highest BCUT2D eigenvalue weighted by molar-refractivity contribution is 7.80. The minimum Gasteiger partial charge on any atom is -0.377 e. The molecule has 0 bridgehead atoms. The van der Waals surface area contributed by atoms with Gasteiger partial charge in [-0.15, -0.1) is 0 Å². The Bertz CT molecular complexity index is 97.1. The molecule has 0 atom stereocenters. The molecule has 0 rings (SSSR count). The van der Waals surface area contributed by atoms with Gasteiger partial charge in [-0.1, -0.05) is 0 Å². The summed E-state index contributed by atoms with van der Waals surface area (Å²) in [6.45, 7) is 0. The summed E-state index contributed by atoms with van der Waals surface area (Å²) in [5.74, 6) is 4.66. The highest BCUT2D eigenvalue weighted by Crippen LogP contribution is 1.40. The fraction of sp³-hybridized carbons (Fsp3) is 0. The van der Waals surface area contributed by atoms with Gasteiger partial charge in [-0.2, -0.15) is 0 Å². The van der Waals surface area contributed by atoms with Gasteiger partial charge in [-0.05, 0) is 24.4 Å². The first-order valence-electron chi connectivity index (χ1n) is 1.81. The van der Waals surface area contributed by atoms with Crippen molar-refractivity contribution >= 4 is 34.7 Å². The van der Waals surface area contributed by atoms with Gasteiger partial charge < -0.3 is 22.6 Å². The van der Waals surface area contributed by atoms with Crippen molar-refractivity contribution in [3.05, 3.63) is 0 Å². The summed E-state index contributed by atoms with van der Waals surface area (Å²) >= 11 is 8.33. The van der Waals surface area contributed by atoms with Gasteiger partial charge in [0.15, 0.2) is 10.2 Å². The van der Waals surface area contributed by atoms with Crippen LogP contribution < -0.4 is 28.5 Å². The van der Waals surface area contributed by atoms with Gasteiger partial charge in [-0.25, -0.2) is 5.84 Å². The maximum absolute atomic E-state index is 4.79. The third kappa shape index (κ3) is 117. The van der Waals surface area contributed by atoms with E-state index >= 15 is 0 Å². The molecule has 0 aliphatic rings. The van der Waals surface area contributed by atoms with Crippen molar-refractivity contribution in [2.75, 3.05) is 0 Å². The van der Waals surface area contributed by atoms with E-state index < -0.39 is 0 Å². The fourth-order valence-electron chi connectivity index (χ4n) is 0. The summed E-state index contributed by atoms with van der Waals surface area (Å²) in [5.41, 5.74) is 16.1. The first kappa shape index (κ1) is 11.2. The van der Waals surface area contributed by atoms with Crippen LogP contribution in [0.5, 0.6) is 0 Å². The predicted octanol–water partition coefficient (Wildman–Crippen LogP) is -2.12. The number of hydrogen-bond acceptors (Lipinski definition) is 3. The minimum absolute atomic E-state index is 0.000000000000000222. The second kappa shape index (κ2) is 7.34. The van der Waals surface area contributed by atoms with Gasteiger partial charge >= 0.3 is 0 Å². The van der Waals surface area contributed by atoms with Crippen LogP contribution >= 0.6 is 24.4 Å². The van der Waals surface area contributed by atoms with Crippen molar-refractivity contribution in [2.45, 2.75) is 0 Å². The Balaban J connectivity index is 0.